The first-order valence-corrected chi connectivity index (χ1v) is 7.12. The lowest BCUT2D eigenvalue weighted by Gasteiger charge is -2.13. The van der Waals surface area contributed by atoms with Crippen molar-refractivity contribution < 1.29 is 4.52 Å². The van der Waals surface area contributed by atoms with E-state index in [2.05, 4.69) is 32.9 Å². The summed E-state index contributed by atoms with van der Waals surface area (Å²) in [4.78, 5) is 3.56. The molecule has 4 nitrogen and oxygen atoms in total. The number of hydrogen-bond acceptors (Lipinski definition) is 5. The number of hydrogen-bond donors (Lipinski definition) is 1. The van der Waals surface area contributed by atoms with Crippen molar-refractivity contribution in [1.82, 2.24) is 15.4 Å². The molecule has 0 saturated carbocycles. The van der Waals surface area contributed by atoms with Gasteiger partial charge in [-0.2, -0.15) is 0 Å². The first-order valence-electron chi connectivity index (χ1n) is 6.24. The molecule has 1 aliphatic heterocycles. The van der Waals surface area contributed by atoms with Gasteiger partial charge in [0.1, 0.15) is 0 Å². The molecule has 0 aliphatic carbocycles. The van der Waals surface area contributed by atoms with E-state index >= 15 is 0 Å². The van der Waals surface area contributed by atoms with Crippen molar-refractivity contribution in [2.75, 3.05) is 20.1 Å². The van der Waals surface area contributed by atoms with Gasteiger partial charge in [0.25, 0.3) is 0 Å². The van der Waals surface area contributed by atoms with Gasteiger partial charge in [-0.05, 0) is 24.9 Å². The van der Waals surface area contributed by atoms with Crippen LogP contribution in [-0.4, -0.2) is 36.2 Å². The molecular weight excluding hydrogens is 282 g/mol. The van der Waals surface area contributed by atoms with E-state index < -0.39 is 0 Å². The Morgan fingerprint density at radius 1 is 1.58 bits per heavy atom. The van der Waals surface area contributed by atoms with E-state index in [1.807, 2.05) is 13.1 Å². The third-order valence-electron chi connectivity index (χ3n) is 3.39. The normalized spacial score (nSPS) is 19.5. The van der Waals surface area contributed by atoms with Gasteiger partial charge in [0.15, 0.2) is 5.76 Å². The Bertz CT molecular complexity index is 500. The number of aromatic nitrogens is 1. The molecule has 2 aromatic heterocycles. The zero-order chi connectivity index (χ0) is 12.4. The molecule has 1 saturated heterocycles. The number of nitrogens with zero attached hydrogens (tertiary/aromatic N) is 2. The van der Waals surface area contributed by atoms with Gasteiger partial charge in [-0.15, -0.1) is 23.7 Å². The van der Waals surface area contributed by atoms with Crippen molar-refractivity contribution >= 4 is 23.7 Å². The molecule has 0 amide bonds. The van der Waals surface area contributed by atoms with Crippen molar-refractivity contribution in [2.45, 2.75) is 19.0 Å². The fourth-order valence-corrected chi connectivity index (χ4v) is 3.04. The molecule has 19 heavy (non-hydrogen) atoms. The van der Waals surface area contributed by atoms with Crippen molar-refractivity contribution in [2.24, 2.45) is 0 Å². The zero-order valence-electron chi connectivity index (χ0n) is 10.8. The quantitative estimate of drug-likeness (QED) is 0.942. The van der Waals surface area contributed by atoms with Crippen LogP contribution in [0.1, 0.15) is 12.1 Å². The average Bonchev–Trinajstić information content (AvgIpc) is 3.10. The molecule has 104 valence electrons. The Hall–Kier alpha value is -0.880. The number of thiophene rings is 1. The number of likely N-dealkylation sites (N-methyl/N-ethyl adjacent to an activating group) is 1. The lowest BCUT2D eigenvalue weighted by atomic mass is 10.3. The van der Waals surface area contributed by atoms with E-state index in [0.717, 1.165) is 36.0 Å². The molecule has 6 heteroatoms. The second-order valence-corrected chi connectivity index (χ2v) is 5.62. The van der Waals surface area contributed by atoms with Gasteiger partial charge in [-0.3, -0.25) is 4.90 Å². The van der Waals surface area contributed by atoms with Gasteiger partial charge in [0.05, 0.1) is 10.6 Å². The van der Waals surface area contributed by atoms with Gasteiger partial charge >= 0.3 is 0 Å². The Morgan fingerprint density at radius 3 is 3.16 bits per heavy atom. The van der Waals surface area contributed by atoms with Crippen LogP contribution in [0.2, 0.25) is 0 Å². The number of nitrogens with one attached hydrogen (secondary N) is 1. The molecule has 3 rings (SSSR count). The maximum absolute atomic E-state index is 5.39. The van der Waals surface area contributed by atoms with Gasteiger partial charge in [-0.25, -0.2) is 0 Å². The summed E-state index contributed by atoms with van der Waals surface area (Å²) in [6, 6.07) is 6.76. The molecule has 1 atom stereocenters. The van der Waals surface area contributed by atoms with Crippen LogP contribution in [0.4, 0.5) is 0 Å². The maximum atomic E-state index is 5.39. The molecule has 0 spiro atoms. The van der Waals surface area contributed by atoms with Gasteiger partial charge in [0.2, 0.25) is 0 Å². The number of rotatable bonds is 4. The number of halogens is 1. The monoisotopic (exact) mass is 299 g/mol. The lowest BCUT2D eigenvalue weighted by Crippen LogP contribution is -2.29. The van der Waals surface area contributed by atoms with Crippen LogP contribution in [0.3, 0.4) is 0 Å². The third kappa shape index (κ3) is 3.36. The molecule has 1 fully saturated rings. The minimum atomic E-state index is 0. The van der Waals surface area contributed by atoms with E-state index in [1.54, 1.807) is 11.3 Å². The fraction of sp³-hybridized carbons (Fsp3) is 0.462. The molecule has 0 bridgehead atoms. The highest BCUT2D eigenvalue weighted by atomic mass is 35.5. The molecule has 1 unspecified atom stereocenters. The molecule has 1 N–H and O–H groups in total. The van der Waals surface area contributed by atoms with E-state index in [9.17, 15) is 0 Å². The van der Waals surface area contributed by atoms with E-state index in [4.69, 9.17) is 4.52 Å². The second-order valence-electron chi connectivity index (χ2n) is 4.67. The van der Waals surface area contributed by atoms with Crippen molar-refractivity contribution in [3.05, 3.63) is 29.3 Å². The largest absolute Gasteiger partial charge is 0.355 e. The first kappa shape index (κ1) is 14.5. The van der Waals surface area contributed by atoms with Crippen molar-refractivity contribution in [1.29, 1.82) is 0 Å². The zero-order valence-corrected chi connectivity index (χ0v) is 12.5. The van der Waals surface area contributed by atoms with Gasteiger partial charge < -0.3 is 9.84 Å². The minimum absolute atomic E-state index is 0. The summed E-state index contributed by atoms with van der Waals surface area (Å²) < 4.78 is 5.39. The molecule has 1 aliphatic rings. The van der Waals surface area contributed by atoms with Gasteiger partial charge in [-0.1, -0.05) is 11.2 Å². The van der Waals surface area contributed by atoms with Crippen molar-refractivity contribution in [3.63, 3.8) is 0 Å². The summed E-state index contributed by atoms with van der Waals surface area (Å²) >= 11 is 1.68. The van der Waals surface area contributed by atoms with Gasteiger partial charge in [0, 0.05) is 31.7 Å². The summed E-state index contributed by atoms with van der Waals surface area (Å²) in [5, 5.41) is 9.53. The Labute approximate surface area is 123 Å². The molecule has 2 aromatic rings. The van der Waals surface area contributed by atoms with Crippen LogP contribution in [0.15, 0.2) is 28.1 Å². The highest BCUT2D eigenvalue weighted by molar-refractivity contribution is 7.13. The maximum Gasteiger partial charge on any atom is 0.177 e. The van der Waals surface area contributed by atoms with Crippen molar-refractivity contribution in [3.8, 4) is 10.6 Å². The highest BCUT2D eigenvalue weighted by Gasteiger charge is 2.21. The van der Waals surface area contributed by atoms with Crippen LogP contribution in [0, 0.1) is 0 Å². The summed E-state index contributed by atoms with van der Waals surface area (Å²) in [5.41, 5.74) is 1.02. The molecule has 0 aromatic carbocycles. The summed E-state index contributed by atoms with van der Waals surface area (Å²) in [6.07, 6.45) is 1.21. The van der Waals surface area contributed by atoms with Crippen LogP contribution in [-0.2, 0) is 6.54 Å². The average molecular weight is 300 g/mol. The SMILES string of the molecule is CNC1CCN(Cc2cc(-c3cccs3)on2)C1.Cl. The van der Waals surface area contributed by atoms with Crippen LogP contribution >= 0.6 is 23.7 Å². The Morgan fingerprint density at radius 2 is 2.47 bits per heavy atom. The smallest absolute Gasteiger partial charge is 0.177 e. The Balaban J connectivity index is 0.00000133. The lowest BCUT2D eigenvalue weighted by molar-refractivity contribution is 0.307. The van der Waals surface area contributed by atoms with E-state index in [0.29, 0.717) is 6.04 Å². The molecule has 3 heterocycles. The highest BCUT2D eigenvalue weighted by Crippen LogP contribution is 2.25. The Kier molecular flexibility index (Phi) is 4.99. The summed E-state index contributed by atoms with van der Waals surface area (Å²) in [6.45, 7) is 3.11. The van der Waals surface area contributed by atoms with Crippen LogP contribution in [0.5, 0.6) is 0 Å². The predicted octanol–water partition coefficient (Wildman–Crippen LogP) is 2.62. The fourth-order valence-electron chi connectivity index (χ4n) is 2.36. The van der Waals surface area contributed by atoms with Crippen LogP contribution in [0.25, 0.3) is 10.6 Å². The second kappa shape index (κ2) is 6.52. The predicted molar refractivity (Wildman–Crippen MR) is 79.8 cm³/mol. The molecule has 0 radical (unpaired) electrons. The first-order chi connectivity index (χ1) is 8.85. The van der Waals surface area contributed by atoms with E-state index in [1.165, 1.54) is 6.42 Å². The summed E-state index contributed by atoms with van der Waals surface area (Å²) in [5.74, 6) is 0.879. The van der Waals surface area contributed by atoms with E-state index in [-0.39, 0.29) is 12.4 Å². The minimum Gasteiger partial charge on any atom is -0.355 e. The standard InChI is InChI=1S/C13H17N3OS.ClH/c1-14-10-4-5-16(8-10)9-11-7-12(17-15-11)13-3-2-6-18-13;/h2-3,6-7,10,14H,4-5,8-9H2,1H3;1H. The topological polar surface area (TPSA) is 41.3 Å². The third-order valence-corrected chi connectivity index (χ3v) is 4.27. The molecular formula is C13H18ClN3OS. The number of likely N-dealkylation sites (tertiary alicyclic amines) is 1. The summed E-state index contributed by atoms with van der Waals surface area (Å²) in [7, 11) is 2.03. The van der Waals surface area contributed by atoms with Crippen LogP contribution < -0.4 is 5.32 Å².